The Labute approximate surface area is 109 Å². The van der Waals surface area contributed by atoms with Gasteiger partial charge in [-0.05, 0) is 47.5 Å². The summed E-state index contributed by atoms with van der Waals surface area (Å²) in [4.78, 5) is 13.6. The smallest absolute Gasteiger partial charge is 0.225 e. The van der Waals surface area contributed by atoms with E-state index >= 15 is 0 Å². The molecule has 1 aliphatic heterocycles. The van der Waals surface area contributed by atoms with Crippen LogP contribution < -0.4 is 16.4 Å². The molecule has 0 aromatic heterocycles. The second-order valence-electron chi connectivity index (χ2n) is 4.81. The van der Waals surface area contributed by atoms with Crippen LogP contribution in [0.5, 0.6) is 0 Å². The van der Waals surface area contributed by atoms with Crippen molar-refractivity contribution in [3.63, 3.8) is 0 Å². The van der Waals surface area contributed by atoms with Crippen LogP contribution in [0.15, 0.2) is 22.7 Å². The molecule has 0 bridgehead atoms. The van der Waals surface area contributed by atoms with Crippen LogP contribution >= 0.6 is 15.9 Å². The molecule has 2 rings (SSSR count). The summed E-state index contributed by atoms with van der Waals surface area (Å²) in [6.07, 6.45) is 0.791. The Morgan fingerprint density at radius 2 is 2.24 bits per heavy atom. The Kier molecular flexibility index (Phi) is 3.03. The minimum atomic E-state index is -0.430. The Morgan fingerprint density at radius 3 is 2.76 bits per heavy atom. The number of halogens is 1. The molecule has 0 aliphatic carbocycles. The van der Waals surface area contributed by atoms with Gasteiger partial charge in [-0.1, -0.05) is 0 Å². The van der Waals surface area contributed by atoms with E-state index in [1.54, 1.807) is 0 Å². The second kappa shape index (κ2) is 4.22. The van der Waals surface area contributed by atoms with Gasteiger partial charge in [0.1, 0.15) is 0 Å². The van der Waals surface area contributed by atoms with Crippen LogP contribution in [0.3, 0.4) is 0 Å². The maximum absolute atomic E-state index is 11.4. The zero-order valence-corrected chi connectivity index (χ0v) is 11.3. The van der Waals surface area contributed by atoms with E-state index in [-0.39, 0.29) is 5.91 Å². The summed E-state index contributed by atoms with van der Waals surface area (Å²) in [5, 5.41) is 0. The first-order chi connectivity index (χ1) is 7.92. The quantitative estimate of drug-likeness (QED) is 0.817. The van der Waals surface area contributed by atoms with E-state index in [4.69, 9.17) is 11.5 Å². The first-order valence-corrected chi connectivity index (χ1v) is 6.31. The summed E-state index contributed by atoms with van der Waals surface area (Å²) in [6, 6.07) is 5.70. The van der Waals surface area contributed by atoms with E-state index in [0.717, 1.165) is 28.8 Å². The molecule has 1 atom stereocenters. The molecule has 1 fully saturated rings. The van der Waals surface area contributed by atoms with Gasteiger partial charge in [0, 0.05) is 23.2 Å². The Hall–Kier alpha value is -1.23. The minimum Gasteiger partial charge on any atom is -0.399 e. The number of hydrogen-bond acceptors (Lipinski definition) is 3. The van der Waals surface area contributed by atoms with Crippen molar-refractivity contribution < 1.29 is 4.79 Å². The zero-order chi connectivity index (χ0) is 12.6. The van der Waals surface area contributed by atoms with Gasteiger partial charge in [0.05, 0.1) is 11.1 Å². The van der Waals surface area contributed by atoms with Crippen LogP contribution in [0.2, 0.25) is 0 Å². The molecule has 1 unspecified atom stereocenters. The van der Waals surface area contributed by atoms with Crippen LogP contribution in [0.1, 0.15) is 13.3 Å². The highest BCUT2D eigenvalue weighted by Gasteiger charge is 2.39. The van der Waals surface area contributed by atoms with E-state index in [1.165, 1.54) is 0 Å². The van der Waals surface area contributed by atoms with Crippen LogP contribution in [0.25, 0.3) is 0 Å². The number of benzene rings is 1. The Morgan fingerprint density at radius 1 is 1.53 bits per heavy atom. The van der Waals surface area contributed by atoms with E-state index in [1.807, 2.05) is 25.1 Å². The number of rotatable bonds is 2. The van der Waals surface area contributed by atoms with Crippen molar-refractivity contribution in [3.05, 3.63) is 22.7 Å². The second-order valence-corrected chi connectivity index (χ2v) is 5.66. The largest absolute Gasteiger partial charge is 0.399 e. The number of carbonyl (C=O) groups excluding carboxylic acids is 1. The van der Waals surface area contributed by atoms with Gasteiger partial charge in [0.15, 0.2) is 0 Å². The van der Waals surface area contributed by atoms with Gasteiger partial charge in [-0.3, -0.25) is 4.79 Å². The Bertz CT molecular complexity index is 463. The molecule has 0 saturated carbocycles. The van der Waals surface area contributed by atoms with Crippen LogP contribution in [-0.2, 0) is 4.79 Å². The molecule has 4 N–H and O–H groups in total. The summed E-state index contributed by atoms with van der Waals surface area (Å²) in [6.45, 7) is 3.41. The first-order valence-electron chi connectivity index (χ1n) is 5.52. The average Bonchev–Trinajstić information content (AvgIpc) is 2.62. The van der Waals surface area contributed by atoms with Gasteiger partial charge in [0.25, 0.3) is 0 Å². The number of primary amides is 1. The minimum absolute atomic E-state index is 0.230. The number of hydrogen-bond donors (Lipinski definition) is 2. The van der Waals surface area contributed by atoms with Gasteiger partial charge in [-0.15, -0.1) is 0 Å². The SMILES string of the molecule is CC1(C(N)=O)CCN(c2ccc(N)cc2Br)C1. The summed E-state index contributed by atoms with van der Waals surface area (Å²) in [5.41, 5.74) is 12.5. The molecule has 17 heavy (non-hydrogen) atoms. The lowest BCUT2D eigenvalue weighted by atomic mass is 9.89. The molecule has 1 amide bonds. The van der Waals surface area contributed by atoms with Crippen LogP contribution in [-0.4, -0.2) is 19.0 Å². The van der Waals surface area contributed by atoms with Crippen molar-refractivity contribution in [2.24, 2.45) is 11.1 Å². The maximum atomic E-state index is 11.4. The van der Waals surface area contributed by atoms with Crippen LogP contribution in [0.4, 0.5) is 11.4 Å². The monoisotopic (exact) mass is 297 g/mol. The maximum Gasteiger partial charge on any atom is 0.225 e. The van der Waals surface area contributed by atoms with Crippen molar-refractivity contribution in [3.8, 4) is 0 Å². The highest BCUT2D eigenvalue weighted by Crippen LogP contribution is 2.36. The van der Waals surface area contributed by atoms with E-state index in [2.05, 4.69) is 20.8 Å². The number of nitrogens with zero attached hydrogens (tertiary/aromatic N) is 1. The third-order valence-corrected chi connectivity index (χ3v) is 4.02. The predicted octanol–water partition coefficient (Wildman–Crippen LogP) is 1.73. The van der Waals surface area contributed by atoms with E-state index < -0.39 is 5.41 Å². The lowest BCUT2D eigenvalue weighted by molar-refractivity contribution is -0.125. The highest BCUT2D eigenvalue weighted by molar-refractivity contribution is 9.10. The summed E-state index contributed by atoms with van der Waals surface area (Å²) in [5.74, 6) is -0.230. The molecule has 1 saturated heterocycles. The summed E-state index contributed by atoms with van der Waals surface area (Å²) >= 11 is 3.49. The molecule has 1 heterocycles. The normalized spacial score (nSPS) is 24.0. The van der Waals surface area contributed by atoms with E-state index in [9.17, 15) is 4.79 Å². The standard InChI is InChI=1S/C12H16BrN3O/c1-12(11(15)17)4-5-16(7-12)10-3-2-8(14)6-9(10)13/h2-3,6H,4-5,7,14H2,1H3,(H2,15,17). The average molecular weight is 298 g/mol. The first kappa shape index (κ1) is 12.2. The zero-order valence-electron chi connectivity index (χ0n) is 9.74. The molecule has 0 radical (unpaired) electrons. The Balaban J connectivity index is 2.24. The molecular weight excluding hydrogens is 282 g/mol. The molecule has 5 heteroatoms. The molecule has 4 nitrogen and oxygen atoms in total. The molecular formula is C12H16BrN3O. The van der Waals surface area contributed by atoms with Gasteiger partial charge in [0.2, 0.25) is 5.91 Å². The number of amides is 1. The molecule has 92 valence electrons. The predicted molar refractivity (Wildman–Crippen MR) is 72.7 cm³/mol. The fraction of sp³-hybridized carbons (Fsp3) is 0.417. The number of nitrogen functional groups attached to an aromatic ring is 1. The molecule has 1 aromatic carbocycles. The van der Waals surface area contributed by atoms with Gasteiger partial charge < -0.3 is 16.4 Å². The molecule has 0 spiro atoms. The molecule has 1 aliphatic rings. The van der Waals surface area contributed by atoms with Crippen molar-refractivity contribution in [2.75, 3.05) is 23.7 Å². The van der Waals surface area contributed by atoms with E-state index in [0.29, 0.717) is 6.54 Å². The van der Waals surface area contributed by atoms with Crippen LogP contribution in [0, 0.1) is 5.41 Å². The lowest BCUT2D eigenvalue weighted by Crippen LogP contribution is -2.37. The number of nitrogens with two attached hydrogens (primary N) is 2. The number of carbonyl (C=O) groups is 1. The number of anilines is 2. The third-order valence-electron chi connectivity index (χ3n) is 3.38. The highest BCUT2D eigenvalue weighted by atomic mass is 79.9. The van der Waals surface area contributed by atoms with Crippen molar-refractivity contribution in [1.82, 2.24) is 0 Å². The van der Waals surface area contributed by atoms with Gasteiger partial charge >= 0.3 is 0 Å². The van der Waals surface area contributed by atoms with Crippen molar-refractivity contribution in [1.29, 1.82) is 0 Å². The lowest BCUT2D eigenvalue weighted by Gasteiger charge is -2.23. The third kappa shape index (κ3) is 2.24. The van der Waals surface area contributed by atoms with Crippen molar-refractivity contribution >= 4 is 33.2 Å². The van der Waals surface area contributed by atoms with Gasteiger partial charge in [-0.2, -0.15) is 0 Å². The van der Waals surface area contributed by atoms with Gasteiger partial charge in [-0.25, -0.2) is 0 Å². The summed E-state index contributed by atoms with van der Waals surface area (Å²) < 4.78 is 0.950. The van der Waals surface area contributed by atoms with Crippen molar-refractivity contribution in [2.45, 2.75) is 13.3 Å². The fourth-order valence-electron chi connectivity index (χ4n) is 2.15. The molecule has 1 aromatic rings. The summed E-state index contributed by atoms with van der Waals surface area (Å²) in [7, 11) is 0. The fourth-order valence-corrected chi connectivity index (χ4v) is 2.79. The topological polar surface area (TPSA) is 72.4 Å².